The molecule has 0 radical (unpaired) electrons. The van der Waals surface area contributed by atoms with Crippen molar-refractivity contribution in [3.05, 3.63) is 0 Å². The van der Waals surface area contributed by atoms with Crippen LogP contribution in [0.3, 0.4) is 0 Å². The number of hydrogen-bond donors (Lipinski definition) is 0. The van der Waals surface area contributed by atoms with Gasteiger partial charge in [0.05, 0.1) is 12.7 Å². The molecule has 0 aromatic carbocycles. The number of ether oxygens (including phenoxy) is 2. The Balaban J connectivity index is 1.39. The SMILES string of the molecule is C[C@@H]1CO[C@@]2(CC[C@]3(C)C4CC[C@]5(C)CCCC5C4CC[C@H]3C2)O1. The van der Waals surface area contributed by atoms with Gasteiger partial charge < -0.3 is 9.47 Å². The molecule has 0 N–H and O–H groups in total. The summed E-state index contributed by atoms with van der Waals surface area (Å²) >= 11 is 0. The molecule has 4 aliphatic carbocycles. The number of fused-ring (bicyclic) bond motifs is 5. The fraction of sp³-hybridized carbons (Fsp3) is 1.00. The molecule has 136 valence electrons. The van der Waals surface area contributed by atoms with Crippen molar-refractivity contribution in [3.63, 3.8) is 0 Å². The Morgan fingerprint density at radius 1 is 0.875 bits per heavy atom. The maximum Gasteiger partial charge on any atom is 0.169 e. The van der Waals surface area contributed by atoms with Gasteiger partial charge >= 0.3 is 0 Å². The average Bonchev–Trinajstić information content (AvgIpc) is 3.11. The van der Waals surface area contributed by atoms with Gasteiger partial charge in [-0.2, -0.15) is 0 Å². The molecule has 8 atom stereocenters. The van der Waals surface area contributed by atoms with Crippen LogP contribution in [-0.4, -0.2) is 18.5 Å². The minimum atomic E-state index is -0.215. The summed E-state index contributed by atoms with van der Waals surface area (Å²) in [5.41, 5.74) is 1.24. The second-order valence-electron chi connectivity index (χ2n) is 10.6. The molecule has 2 nitrogen and oxygen atoms in total. The Morgan fingerprint density at radius 3 is 2.54 bits per heavy atom. The zero-order valence-electron chi connectivity index (χ0n) is 16.0. The van der Waals surface area contributed by atoms with E-state index in [1.54, 1.807) is 0 Å². The van der Waals surface area contributed by atoms with E-state index in [4.69, 9.17) is 9.47 Å². The molecule has 2 heteroatoms. The molecule has 5 fully saturated rings. The van der Waals surface area contributed by atoms with Gasteiger partial charge in [-0.15, -0.1) is 0 Å². The first-order valence-corrected chi connectivity index (χ1v) is 10.8. The molecule has 4 saturated carbocycles. The van der Waals surface area contributed by atoms with Crippen LogP contribution in [-0.2, 0) is 9.47 Å². The quantitative estimate of drug-likeness (QED) is 0.579. The second kappa shape index (κ2) is 5.22. The Hall–Kier alpha value is -0.0800. The van der Waals surface area contributed by atoms with Gasteiger partial charge in [0.2, 0.25) is 0 Å². The fourth-order valence-electron chi connectivity index (χ4n) is 8.13. The predicted molar refractivity (Wildman–Crippen MR) is 95.6 cm³/mol. The van der Waals surface area contributed by atoms with Crippen LogP contribution in [0, 0.1) is 34.5 Å². The lowest BCUT2D eigenvalue weighted by atomic mass is 9.45. The van der Waals surface area contributed by atoms with Crippen LogP contribution in [0.2, 0.25) is 0 Å². The predicted octanol–water partition coefficient (Wildman–Crippen LogP) is 5.55. The summed E-state index contributed by atoms with van der Waals surface area (Å²) in [6, 6.07) is 0. The molecule has 0 bridgehead atoms. The van der Waals surface area contributed by atoms with Crippen LogP contribution in [0.25, 0.3) is 0 Å². The zero-order valence-corrected chi connectivity index (χ0v) is 16.0. The van der Waals surface area contributed by atoms with E-state index in [2.05, 4.69) is 20.8 Å². The summed E-state index contributed by atoms with van der Waals surface area (Å²) in [5.74, 6) is 3.63. The Kier molecular flexibility index (Phi) is 3.51. The zero-order chi connectivity index (χ0) is 16.6. The summed E-state index contributed by atoms with van der Waals surface area (Å²) in [6.45, 7) is 8.24. The van der Waals surface area contributed by atoms with Gasteiger partial charge in [0.1, 0.15) is 0 Å². The summed E-state index contributed by atoms with van der Waals surface area (Å²) in [4.78, 5) is 0. The molecule has 1 spiro atoms. The van der Waals surface area contributed by atoms with E-state index in [0.29, 0.717) is 16.9 Å². The molecular weight excluding hydrogens is 296 g/mol. The Bertz CT molecular complexity index is 518. The first-order chi connectivity index (χ1) is 11.4. The van der Waals surface area contributed by atoms with E-state index in [9.17, 15) is 0 Å². The van der Waals surface area contributed by atoms with E-state index in [1.807, 2.05) is 0 Å². The Morgan fingerprint density at radius 2 is 1.75 bits per heavy atom. The van der Waals surface area contributed by atoms with E-state index in [-0.39, 0.29) is 5.79 Å². The van der Waals surface area contributed by atoms with Crippen LogP contribution in [0.1, 0.15) is 85.0 Å². The van der Waals surface area contributed by atoms with Crippen molar-refractivity contribution >= 4 is 0 Å². The highest BCUT2D eigenvalue weighted by atomic mass is 16.7. The highest BCUT2D eigenvalue weighted by Crippen LogP contribution is 2.67. The van der Waals surface area contributed by atoms with Crippen LogP contribution >= 0.6 is 0 Å². The average molecular weight is 333 g/mol. The second-order valence-corrected chi connectivity index (χ2v) is 10.6. The van der Waals surface area contributed by atoms with E-state index in [1.165, 1.54) is 57.8 Å². The molecule has 0 amide bonds. The third-order valence-corrected chi connectivity index (χ3v) is 9.45. The monoisotopic (exact) mass is 332 g/mol. The standard InChI is InChI=1S/C22H36O2/c1-15-14-23-22(24-15)12-11-21(3)16(13-22)6-7-17-18-5-4-9-20(18,2)10-8-19(17)21/h15-19H,4-14H2,1-3H3/t15-,16+,17?,18?,19?,20+,21+,22+/m1/s1. The van der Waals surface area contributed by atoms with Crippen LogP contribution in [0.15, 0.2) is 0 Å². The van der Waals surface area contributed by atoms with E-state index >= 15 is 0 Å². The van der Waals surface area contributed by atoms with Crippen molar-refractivity contribution < 1.29 is 9.47 Å². The molecular formula is C22H36O2. The number of hydrogen-bond acceptors (Lipinski definition) is 2. The molecule has 3 unspecified atom stereocenters. The van der Waals surface area contributed by atoms with Crippen molar-refractivity contribution in [3.8, 4) is 0 Å². The maximum absolute atomic E-state index is 6.28. The third kappa shape index (κ3) is 2.14. The van der Waals surface area contributed by atoms with Gasteiger partial charge in [-0.1, -0.05) is 20.3 Å². The third-order valence-electron chi connectivity index (χ3n) is 9.45. The van der Waals surface area contributed by atoms with Gasteiger partial charge in [-0.3, -0.25) is 0 Å². The normalized spacial score (nSPS) is 59.9. The molecule has 0 aromatic heterocycles. The van der Waals surface area contributed by atoms with Crippen molar-refractivity contribution in [2.45, 2.75) is 96.9 Å². The van der Waals surface area contributed by atoms with Gasteiger partial charge in [0.15, 0.2) is 5.79 Å². The molecule has 1 aliphatic heterocycles. The van der Waals surface area contributed by atoms with Gasteiger partial charge in [-0.25, -0.2) is 0 Å². The Labute approximate surface area is 148 Å². The van der Waals surface area contributed by atoms with Gasteiger partial charge in [0, 0.05) is 12.8 Å². The summed E-state index contributed by atoms with van der Waals surface area (Å²) in [6.07, 6.45) is 14.3. The highest BCUT2D eigenvalue weighted by Gasteiger charge is 2.60. The van der Waals surface area contributed by atoms with Crippen LogP contribution in [0.5, 0.6) is 0 Å². The molecule has 0 aromatic rings. The summed E-state index contributed by atoms with van der Waals surface area (Å²) < 4.78 is 12.5. The fourth-order valence-corrected chi connectivity index (χ4v) is 8.13. The molecule has 1 heterocycles. The van der Waals surface area contributed by atoms with Crippen molar-refractivity contribution in [1.82, 2.24) is 0 Å². The largest absolute Gasteiger partial charge is 0.347 e. The van der Waals surface area contributed by atoms with E-state index < -0.39 is 0 Å². The first kappa shape index (κ1) is 16.1. The van der Waals surface area contributed by atoms with Crippen molar-refractivity contribution in [1.29, 1.82) is 0 Å². The minimum Gasteiger partial charge on any atom is -0.347 e. The molecule has 24 heavy (non-hydrogen) atoms. The highest BCUT2D eigenvalue weighted by molar-refractivity contribution is 5.08. The smallest absolute Gasteiger partial charge is 0.169 e. The summed E-state index contributed by atoms with van der Waals surface area (Å²) in [5, 5.41) is 0. The lowest BCUT2D eigenvalue weighted by molar-refractivity contribution is -0.234. The van der Waals surface area contributed by atoms with Gasteiger partial charge in [0.25, 0.3) is 0 Å². The molecule has 5 aliphatic rings. The minimum absolute atomic E-state index is 0.215. The summed E-state index contributed by atoms with van der Waals surface area (Å²) in [7, 11) is 0. The van der Waals surface area contributed by atoms with Crippen molar-refractivity contribution in [2.75, 3.05) is 6.61 Å². The number of rotatable bonds is 0. The first-order valence-electron chi connectivity index (χ1n) is 10.8. The van der Waals surface area contributed by atoms with Crippen molar-refractivity contribution in [2.24, 2.45) is 34.5 Å². The maximum atomic E-state index is 6.28. The van der Waals surface area contributed by atoms with Gasteiger partial charge in [-0.05, 0) is 86.4 Å². The molecule has 5 rings (SSSR count). The molecule has 1 saturated heterocycles. The van der Waals surface area contributed by atoms with Crippen LogP contribution in [0.4, 0.5) is 0 Å². The lowest BCUT2D eigenvalue weighted by Gasteiger charge is -2.61. The van der Waals surface area contributed by atoms with Crippen LogP contribution < -0.4 is 0 Å². The van der Waals surface area contributed by atoms with E-state index in [0.717, 1.165) is 36.7 Å². The lowest BCUT2D eigenvalue weighted by Crippen LogP contribution is -2.55. The topological polar surface area (TPSA) is 18.5 Å².